The van der Waals surface area contributed by atoms with Gasteiger partial charge in [0.05, 0.1) is 12.2 Å². The molecule has 6 nitrogen and oxygen atoms in total. The van der Waals surface area contributed by atoms with Gasteiger partial charge in [-0.15, -0.1) is 0 Å². The van der Waals surface area contributed by atoms with E-state index in [9.17, 15) is 9.36 Å². The first-order valence-electron chi connectivity index (χ1n) is 8.34. The highest BCUT2D eigenvalue weighted by molar-refractivity contribution is 7.46. The molecular formula is C20H19O6P. The molecule has 2 N–H and O–H groups in total. The van der Waals surface area contributed by atoms with Crippen LogP contribution in [0.3, 0.4) is 0 Å². The van der Waals surface area contributed by atoms with E-state index in [1.807, 2.05) is 60.7 Å². The second kappa shape index (κ2) is 8.46. The number of benzene rings is 3. The summed E-state index contributed by atoms with van der Waals surface area (Å²) in [6.07, 6.45) is -0.556. The largest absolute Gasteiger partial charge is 0.469 e. The fourth-order valence-electron chi connectivity index (χ4n) is 2.73. The molecule has 0 aromatic heterocycles. The van der Waals surface area contributed by atoms with Gasteiger partial charge >= 0.3 is 13.8 Å². The van der Waals surface area contributed by atoms with Crippen molar-refractivity contribution >= 4 is 24.6 Å². The summed E-state index contributed by atoms with van der Waals surface area (Å²) in [5.41, 5.74) is 1.23. The maximum Gasteiger partial charge on any atom is 0.469 e. The van der Waals surface area contributed by atoms with Gasteiger partial charge in [-0.05, 0) is 28.5 Å². The molecule has 0 saturated carbocycles. The maximum atomic E-state index is 12.5. The number of rotatable bonds is 7. The van der Waals surface area contributed by atoms with Gasteiger partial charge in [0.1, 0.15) is 6.10 Å². The Bertz CT molecular complexity index is 966. The molecule has 0 saturated heterocycles. The topological polar surface area (TPSA) is 93.1 Å². The second-order valence-electron chi connectivity index (χ2n) is 6.07. The highest BCUT2D eigenvalue weighted by Gasteiger charge is 2.22. The highest BCUT2D eigenvalue weighted by Crippen LogP contribution is 2.36. The summed E-state index contributed by atoms with van der Waals surface area (Å²) in [6.45, 7) is -0.404. The average molecular weight is 386 g/mol. The van der Waals surface area contributed by atoms with Crippen LogP contribution in [0.4, 0.5) is 0 Å². The lowest BCUT2D eigenvalue weighted by Crippen LogP contribution is -2.25. The average Bonchev–Trinajstić information content (AvgIpc) is 2.66. The first kappa shape index (κ1) is 19.3. The minimum atomic E-state index is -4.66. The SMILES string of the molecule is O=C(OC(COP(=O)(O)O)Cc1ccccc1)c1ccc2ccccc2c1. The maximum absolute atomic E-state index is 12.5. The molecule has 27 heavy (non-hydrogen) atoms. The van der Waals surface area contributed by atoms with Gasteiger partial charge in [-0.25, -0.2) is 9.36 Å². The number of ether oxygens (including phenoxy) is 1. The zero-order valence-electron chi connectivity index (χ0n) is 14.4. The number of carbonyl (C=O) groups is 1. The van der Waals surface area contributed by atoms with E-state index in [1.54, 1.807) is 12.1 Å². The molecule has 0 aliphatic rings. The van der Waals surface area contributed by atoms with E-state index in [0.29, 0.717) is 5.56 Å². The molecule has 3 aromatic rings. The Morgan fingerprint density at radius 3 is 2.30 bits per heavy atom. The minimum Gasteiger partial charge on any atom is -0.456 e. The van der Waals surface area contributed by atoms with Crippen molar-refractivity contribution in [2.45, 2.75) is 12.5 Å². The van der Waals surface area contributed by atoms with Gasteiger partial charge < -0.3 is 14.5 Å². The number of esters is 1. The van der Waals surface area contributed by atoms with Crippen LogP contribution in [-0.4, -0.2) is 28.5 Å². The molecule has 3 rings (SSSR count). The number of phosphoric acid groups is 1. The molecule has 0 aliphatic heterocycles. The van der Waals surface area contributed by atoms with Gasteiger partial charge in [0.15, 0.2) is 0 Å². The van der Waals surface area contributed by atoms with Crippen LogP contribution < -0.4 is 0 Å². The molecule has 140 valence electrons. The van der Waals surface area contributed by atoms with Crippen LogP contribution in [0.15, 0.2) is 72.8 Å². The third kappa shape index (κ3) is 5.74. The Kier molecular flexibility index (Phi) is 6.04. The van der Waals surface area contributed by atoms with Gasteiger partial charge in [-0.3, -0.25) is 4.52 Å². The molecular weight excluding hydrogens is 367 g/mol. The van der Waals surface area contributed by atoms with Gasteiger partial charge in [0.25, 0.3) is 0 Å². The van der Waals surface area contributed by atoms with E-state index >= 15 is 0 Å². The number of carbonyl (C=O) groups excluding carboxylic acids is 1. The molecule has 0 radical (unpaired) electrons. The number of hydrogen-bond acceptors (Lipinski definition) is 4. The molecule has 0 spiro atoms. The van der Waals surface area contributed by atoms with Crippen LogP contribution in [0.1, 0.15) is 15.9 Å². The summed E-state index contributed by atoms with van der Waals surface area (Å²) in [7, 11) is -4.66. The molecule has 1 atom stereocenters. The van der Waals surface area contributed by atoms with Crippen molar-refractivity contribution < 1.29 is 28.4 Å². The Morgan fingerprint density at radius 2 is 1.59 bits per heavy atom. The lowest BCUT2D eigenvalue weighted by atomic mass is 10.1. The second-order valence-corrected chi connectivity index (χ2v) is 7.30. The first-order valence-corrected chi connectivity index (χ1v) is 9.87. The van der Waals surface area contributed by atoms with Crippen LogP contribution in [0.2, 0.25) is 0 Å². The lowest BCUT2D eigenvalue weighted by molar-refractivity contribution is 0.0135. The van der Waals surface area contributed by atoms with Crippen molar-refractivity contribution in [1.82, 2.24) is 0 Å². The summed E-state index contributed by atoms with van der Waals surface area (Å²) in [5.74, 6) is -0.573. The number of fused-ring (bicyclic) bond motifs is 1. The van der Waals surface area contributed by atoms with Crippen LogP contribution in [0.25, 0.3) is 10.8 Å². The number of phosphoric ester groups is 1. The molecule has 0 bridgehead atoms. The standard InChI is InChI=1S/C20H19O6P/c21-20(18-11-10-16-8-4-5-9-17(16)13-18)26-19(14-25-27(22,23)24)12-15-6-2-1-3-7-15/h1-11,13,19H,12,14H2,(H2,22,23,24). The van der Waals surface area contributed by atoms with Crippen molar-refractivity contribution in [2.24, 2.45) is 0 Å². The first-order chi connectivity index (χ1) is 12.9. The van der Waals surface area contributed by atoms with E-state index in [2.05, 4.69) is 4.52 Å². The Hall–Kier alpha value is -2.50. The van der Waals surface area contributed by atoms with Crippen LogP contribution in [0.5, 0.6) is 0 Å². The smallest absolute Gasteiger partial charge is 0.456 e. The molecule has 0 heterocycles. The molecule has 3 aromatic carbocycles. The summed E-state index contributed by atoms with van der Waals surface area (Å²) in [4.78, 5) is 30.4. The molecule has 1 unspecified atom stereocenters. The van der Waals surface area contributed by atoms with E-state index < -0.39 is 26.5 Å². The summed E-state index contributed by atoms with van der Waals surface area (Å²) in [6, 6.07) is 22.0. The third-order valence-corrected chi connectivity index (χ3v) is 4.48. The van der Waals surface area contributed by atoms with E-state index in [0.717, 1.165) is 16.3 Å². The fourth-order valence-corrected chi connectivity index (χ4v) is 3.09. The van der Waals surface area contributed by atoms with E-state index in [-0.39, 0.29) is 6.42 Å². The zero-order chi connectivity index (χ0) is 19.3. The fraction of sp³-hybridized carbons (Fsp3) is 0.150. The van der Waals surface area contributed by atoms with Gasteiger partial charge in [0.2, 0.25) is 0 Å². The predicted molar refractivity (Wildman–Crippen MR) is 101 cm³/mol. The quantitative estimate of drug-likeness (QED) is 0.475. The molecule has 0 aliphatic carbocycles. The summed E-state index contributed by atoms with van der Waals surface area (Å²) < 4.78 is 21.1. The third-order valence-electron chi connectivity index (χ3n) is 3.99. The summed E-state index contributed by atoms with van der Waals surface area (Å²) >= 11 is 0. The Labute approximate surface area is 156 Å². The van der Waals surface area contributed by atoms with E-state index in [1.165, 1.54) is 0 Å². The van der Waals surface area contributed by atoms with Crippen molar-refractivity contribution in [2.75, 3.05) is 6.61 Å². The molecule has 0 fully saturated rings. The lowest BCUT2D eigenvalue weighted by Gasteiger charge is -2.18. The predicted octanol–water partition coefficient (Wildman–Crippen LogP) is 3.72. The van der Waals surface area contributed by atoms with Crippen molar-refractivity contribution in [3.8, 4) is 0 Å². The van der Waals surface area contributed by atoms with E-state index in [4.69, 9.17) is 14.5 Å². The van der Waals surface area contributed by atoms with Crippen LogP contribution >= 0.6 is 7.82 Å². The normalized spacial score (nSPS) is 12.7. The van der Waals surface area contributed by atoms with Gasteiger partial charge in [-0.2, -0.15) is 0 Å². The minimum absolute atomic E-state index is 0.278. The van der Waals surface area contributed by atoms with Crippen LogP contribution in [-0.2, 0) is 20.2 Å². The van der Waals surface area contributed by atoms with Gasteiger partial charge in [0, 0.05) is 6.42 Å². The molecule has 7 heteroatoms. The monoisotopic (exact) mass is 386 g/mol. The Morgan fingerprint density at radius 1 is 0.926 bits per heavy atom. The van der Waals surface area contributed by atoms with Crippen LogP contribution in [0, 0.1) is 0 Å². The molecule has 0 amide bonds. The van der Waals surface area contributed by atoms with Crippen molar-refractivity contribution in [3.63, 3.8) is 0 Å². The van der Waals surface area contributed by atoms with Crippen molar-refractivity contribution in [3.05, 3.63) is 83.9 Å². The summed E-state index contributed by atoms with van der Waals surface area (Å²) in [5, 5.41) is 1.90. The number of hydrogen-bond donors (Lipinski definition) is 2. The van der Waals surface area contributed by atoms with Crippen molar-refractivity contribution in [1.29, 1.82) is 0 Å². The highest BCUT2D eigenvalue weighted by atomic mass is 31.2. The zero-order valence-corrected chi connectivity index (χ0v) is 15.3. The Balaban J connectivity index is 1.76. The van der Waals surface area contributed by atoms with Gasteiger partial charge in [-0.1, -0.05) is 60.7 Å².